The molecular weight excluding hydrogens is 408 g/mol. The highest BCUT2D eigenvalue weighted by atomic mass is 32.2. The first-order valence-electron chi connectivity index (χ1n) is 12.1. The van der Waals surface area contributed by atoms with Crippen molar-refractivity contribution in [2.24, 2.45) is 34.5 Å². The first-order chi connectivity index (χ1) is 14.6. The summed E-state index contributed by atoms with van der Waals surface area (Å²) in [6, 6.07) is 6.93. The Labute approximate surface area is 187 Å². The maximum absolute atomic E-state index is 12.8. The van der Waals surface area contributed by atoms with Crippen LogP contribution in [0.1, 0.15) is 77.2 Å². The number of carbonyl (C=O) groups is 1. The third-order valence-corrected chi connectivity index (χ3v) is 11.1. The third-order valence-electron chi connectivity index (χ3n) is 9.76. The van der Waals surface area contributed by atoms with Crippen LogP contribution in [0.3, 0.4) is 0 Å². The van der Waals surface area contributed by atoms with E-state index in [1.807, 2.05) is 19.1 Å². The molecule has 5 rings (SSSR count). The van der Waals surface area contributed by atoms with Gasteiger partial charge in [0.25, 0.3) is 10.1 Å². The first-order valence-corrected chi connectivity index (χ1v) is 13.5. The van der Waals surface area contributed by atoms with Crippen LogP contribution in [-0.4, -0.2) is 20.3 Å². The molecule has 0 bridgehead atoms. The minimum atomic E-state index is -3.72. The molecular formula is C26H36O4S. The topological polar surface area (TPSA) is 60.4 Å². The van der Waals surface area contributed by atoms with E-state index in [9.17, 15) is 13.2 Å². The molecule has 0 aromatic heterocycles. The van der Waals surface area contributed by atoms with Crippen LogP contribution in [0.4, 0.5) is 0 Å². The van der Waals surface area contributed by atoms with Gasteiger partial charge in [-0.15, -0.1) is 0 Å². The zero-order valence-corrected chi connectivity index (χ0v) is 19.9. The molecule has 170 valence electrons. The summed E-state index contributed by atoms with van der Waals surface area (Å²) in [5, 5.41) is 0. The molecule has 4 aliphatic rings. The minimum absolute atomic E-state index is 0.220. The molecule has 0 radical (unpaired) electrons. The SMILES string of the molecule is Cc1ccc(S(=O)(=O)O[C@@H]2CC[C@@]3(C)[C@H](CC[C@@H]4[C@H]5CC(=O)C[C@@]5(C)CC[C@@H]43)C2)cc1. The Balaban J connectivity index is 1.30. The number of rotatable bonds is 3. The van der Waals surface area contributed by atoms with E-state index in [-0.39, 0.29) is 21.8 Å². The van der Waals surface area contributed by atoms with E-state index in [1.54, 1.807) is 12.1 Å². The van der Waals surface area contributed by atoms with Crippen LogP contribution >= 0.6 is 0 Å². The van der Waals surface area contributed by atoms with E-state index in [4.69, 9.17) is 4.18 Å². The summed E-state index contributed by atoms with van der Waals surface area (Å²) in [5.74, 6) is 2.89. The van der Waals surface area contributed by atoms with Gasteiger partial charge >= 0.3 is 0 Å². The Morgan fingerprint density at radius 3 is 2.45 bits per heavy atom. The van der Waals surface area contributed by atoms with Gasteiger partial charge in [0.1, 0.15) is 5.78 Å². The van der Waals surface area contributed by atoms with Gasteiger partial charge in [-0.3, -0.25) is 8.98 Å². The van der Waals surface area contributed by atoms with Gasteiger partial charge in [0.15, 0.2) is 0 Å². The Morgan fingerprint density at radius 2 is 1.71 bits per heavy atom. The largest absolute Gasteiger partial charge is 0.300 e. The maximum Gasteiger partial charge on any atom is 0.297 e. The molecule has 0 unspecified atom stereocenters. The summed E-state index contributed by atoms with van der Waals surface area (Å²) >= 11 is 0. The highest BCUT2D eigenvalue weighted by molar-refractivity contribution is 7.86. The molecule has 0 spiro atoms. The molecule has 4 saturated carbocycles. The van der Waals surface area contributed by atoms with Crippen molar-refractivity contribution in [3.05, 3.63) is 29.8 Å². The zero-order chi connectivity index (χ0) is 22.0. The second-order valence-electron chi connectivity index (χ2n) is 11.5. The standard InChI is InChI=1S/C26H36O4S/c1-17-4-7-21(8-5-17)31(28,29)30-20-10-13-26(3)18(14-20)6-9-22-23(26)11-12-25(2)16-19(27)15-24(22)25/h4-5,7-8,18,20,22-24H,6,9-16H2,1-3H3/t18-,20-,22+,23+,24-,25-,26+/m1/s1. The van der Waals surface area contributed by atoms with Gasteiger partial charge in [-0.2, -0.15) is 8.42 Å². The van der Waals surface area contributed by atoms with Crippen molar-refractivity contribution in [3.63, 3.8) is 0 Å². The molecule has 1 aromatic rings. The van der Waals surface area contributed by atoms with Crippen LogP contribution in [0.5, 0.6) is 0 Å². The van der Waals surface area contributed by atoms with Crippen molar-refractivity contribution in [1.29, 1.82) is 0 Å². The average molecular weight is 445 g/mol. The lowest BCUT2D eigenvalue weighted by Gasteiger charge is -2.60. The lowest BCUT2D eigenvalue weighted by molar-refractivity contribution is -0.119. The number of ketones is 1. The Morgan fingerprint density at radius 1 is 0.968 bits per heavy atom. The van der Waals surface area contributed by atoms with Gasteiger partial charge in [-0.1, -0.05) is 31.5 Å². The van der Waals surface area contributed by atoms with Gasteiger partial charge in [-0.25, -0.2) is 0 Å². The van der Waals surface area contributed by atoms with Crippen molar-refractivity contribution < 1.29 is 17.4 Å². The zero-order valence-electron chi connectivity index (χ0n) is 19.1. The molecule has 7 atom stereocenters. The molecule has 1 aromatic carbocycles. The molecule has 4 fully saturated rings. The van der Waals surface area contributed by atoms with Crippen molar-refractivity contribution in [1.82, 2.24) is 0 Å². The van der Waals surface area contributed by atoms with Gasteiger partial charge in [-0.05, 0) is 98.5 Å². The summed E-state index contributed by atoms with van der Waals surface area (Å²) in [4.78, 5) is 12.5. The molecule has 0 heterocycles. The van der Waals surface area contributed by atoms with Crippen molar-refractivity contribution in [2.75, 3.05) is 0 Å². The number of carbonyl (C=O) groups excluding carboxylic acids is 1. The normalized spacial score (nSPS) is 42.5. The molecule has 4 nitrogen and oxygen atoms in total. The van der Waals surface area contributed by atoms with Gasteiger partial charge < -0.3 is 0 Å². The summed E-state index contributed by atoms with van der Waals surface area (Å²) in [7, 11) is -3.72. The van der Waals surface area contributed by atoms with Crippen molar-refractivity contribution in [2.45, 2.75) is 89.6 Å². The molecule has 5 heteroatoms. The molecule has 4 aliphatic carbocycles. The highest BCUT2D eigenvalue weighted by Gasteiger charge is 2.59. The van der Waals surface area contributed by atoms with Gasteiger partial charge in [0.2, 0.25) is 0 Å². The Hall–Kier alpha value is -1.20. The highest BCUT2D eigenvalue weighted by Crippen LogP contribution is 2.65. The van der Waals surface area contributed by atoms with Crippen LogP contribution in [0.2, 0.25) is 0 Å². The molecule has 0 amide bonds. The predicted octanol–water partition coefficient (Wildman–Crippen LogP) is 5.68. The number of fused-ring (bicyclic) bond motifs is 5. The van der Waals surface area contributed by atoms with Gasteiger partial charge in [0, 0.05) is 12.8 Å². The maximum atomic E-state index is 12.8. The van der Waals surface area contributed by atoms with E-state index in [1.165, 1.54) is 19.3 Å². The lowest BCUT2D eigenvalue weighted by atomic mass is 9.45. The fourth-order valence-corrected chi connectivity index (χ4v) is 9.14. The molecule has 0 saturated heterocycles. The van der Waals surface area contributed by atoms with Crippen molar-refractivity contribution in [3.8, 4) is 0 Å². The summed E-state index contributed by atoms with van der Waals surface area (Å²) in [5.41, 5.74) is 1.52. The number of Topliss-reactive ketones (excluding diaryl/α,β-unsaturated/α-hetero) is 1. The van der Waals surface area contributed by atoms with Gasteiger partial charge in [0.05, 0.1) is 11.0 Å². The number of benzene rings is 1. The van der Waals surface area contributed by atoms with Crippen LogP contribution in [0, 0.1) is 41.4 Å². The number of hydrogen-bond acceptors (Lipinski definition) is 4. The van der Waals surface area contributed by atoms with Crippen LogP contribution in [-0.2, 0) is 19.1 Å². The lowest BCUT2D eigenvalue weighted by Crippen LogP contribution is -2.53. The van der Waals surface area contributed by atoms with E-state index in [0.717, 1.165) is 44.1 Å². The predicted molar refractivity (Wildman–Crippen MR) is 120 cm³/mol. The Bertz CT molecular complexity index is 968. The smallest absolute Gasteiger partial charge is 0.297 e. The fourth-order valence-electron chi connectivity index (χ4n) is 8.03. The van der Waals surface area contributed by atoms with E-state index < -0.39 is 10.1 Å². The summed E-state index contributed by atoms with van der Waals surface area (Å²) < 4.78 is 31.4. The Kier molecular flexibility index (Phi) is 5.17. The number of hydrogen-bond donors (Lipinski definition) is 0. The quantitative estimate of drug-likeness (QED) is 0.563. The summed E-state index contributed by atoms with van der Waals surface area (Å²) in [6.45, 7) is 6.76. The van der Waals surface area contributed by atoms with E-state index >= 15 is 0 Å². The first kappa shape index (κ1) is 21.6. The molecule has 0 aliphatic heterocycles. The van der Waals surface area contributed by atoms with Crippen molar-refractivity contribution >= 4 is 15.9 Å². The summed E-state index contributed by atoms with van der Waals surface area (Å²) in [6.07, 6.45) is 8.77. The fraction of sp³-hybridized carbons (Fsp3) is 0.731. The second kappa shape index (κ2) is 7.41. The molecule has 31 heavy (non-hydrogen) atoms. The minimum Gasteiger partial charge on any atom is -0.300 e. The third kappa shape index (κ3) is 3.60. The average Bonchev–Trinajstić information content (AvgIpc) is 3.02. The number of aryl methyl sites for hydroxylation is 1. The van der Waals surface area contributed by atoms with E-state index in [0.29, 0.717) is 29.5 Å². The van der Waals surface area contributed by atoms with Crippen LogP contribution in [0.25, 0.3) is 0 Å². The second-order valence-corrected chi connectivity index (χ2v) is 13.1. The van der Waals surface area contributed by atoms with E-state index in [2.05, 4.69) is 13.8 Å². The molecule has 0 N–H and O–H groups in total. The van der Waals surface area contributed by atoms with Crippen LogP contribution < -0.4 is 0 Å². The van der Waals surface area contributed by atoms with Crippen LogP contribution in [0.15, 0.2) is 29.2 Å². The monoisotopic (exact) mass is 444 g/mol.